The Bertz CT molecular complexity index is 706. The first-order chi connectivity index (χ1) is 11.7. The number of rotatable bonds is 5. The van der Waals surface area contributed by atoms with Gasteiger partial charge in [-0.25, -0.2) is 0 Å². The van der Waals surface area contributed by atoms with E-state index in [1.807, 2.05) is 51.1 Å². The molecular weight excluding hydrogens is 310 g/mol. The van der Waals surface area contributed by atoms with Crippen LogP contribution in [0.5, 0.6) is 5.75 Å². The minimum absolute atomic E-state index is 0.0996. The highest BCUT2D eigenvalue weighted by molar-refractivity contribution is 5.95. The topological polar surface area (TPSA) is 38.3 Å². The zero-order chi connectivity index (χ0) is 18.6. The number of hydrogen-bond acceptors (Lipinski definition) is 2. The van der Waals surface area contributed by atoms with Gasteiger partial charge in [0.2, 0.25) is 0 Å². The first-order valence-corrected chi connectivity index (χ1v) is 8.86. The highest BCUT2D eigenvalue weighted by atomic mass is 16.5. The Morgan fingerprint density at radius 2 is 1.60 bits per heavy atom. The van der Waals surface area contributed by atoms with Crippen molar-refractivity contribution in [3.8, 4) is 5.75 Å². The van der Waals surface area contributed by atoms with Crippen molar-refractivity contribution >= 4 is 11.6 Å². The maximum absolute atomic E-state index is 12.6. The molecule has 2 aromatic rings. The van der Waals surface area contributed by atoms with Crippen LogP contribution in [0.2, 0.25) is 0 Å². The molecule has 0 unspecified atom stereocenters. The van der Waals surface area contributed by atoms with Crippen molar-refractivity contribution in [2.75, 3.05) is 5.32 Å². The standard InChI is InChI=1S/C22H29NO2/c1-7-19(21(24)23-20-15(2)9-8-10-16(20)3)25-18-13-11-17(12-14-18)22(4,5)6/h8-14,19H,7H2,1-6H3,(H,23,24)/t19-/m1/s1. The SMILES string of the molecule is CC[C@@H](Oc1ccc(C(C)(C)C)cc1)C(=O)Nc1c(C)cccc1C. The van der Waals surface area contributed by atoms with Gasteiger partial charge in [-0.15, -0.1) is 0 Å². The fourth-order valence-corrected chi connectivity index (χ4v) is 2.74. The van der Waals surface area contributed by atoms with Gasteiger partial charge in [0.15, 0.2) is 6.10 Å². The number of carbonyl (C=O) groups excluding carboxylic acids is 1. The number of anilines is 1. The summed E-state index contributed by atoms with van der Waals surface area (Å²) in [4.78, 5) is 12.6. The summed E-state index contributed by atoms with van der Waals surface area (Å²) in [6, 6.07) is 14.0. The predicted molar refractivity (Wildman–Crippen MR) is 104 cm³/mol. The van der Waals surface area contributed by atoms with Crippen LogP contribution >= 0.6 is 0 Å². The number of aryl methyl sites for hydroxylation is 2. The first-order valence-electron chi connectivity index (χ1n) is 8.86. The normalized spacial score (nSPS) is 12.6. The molecule has 0 heterocycles. The maximum atomic E-state index is 12.6. The predicted octanol–water partition coefficient (Wildman–Crippen LogP) is 5.40. The molecule has 0 bridgehead atoms. The van der Waals surface area contributed by atoms with Crippen LogP contribution in [0.1, 0.15) is 50.8 Å². The van der Waals surface area contributed by atoms with Crippen molar-refractivity contribution in [2.45, 2.75) is 59.5 Å². The molecule has 2 aromatic carbocycles. The summed E-state index contributed by atoms with van der Waals surface area (Å²) >= 11 is 0. The molecule has 0 aromatic heterocycles. The molecule has 1 atom stereocenters. The van der Waals surface area contributed by atoms with E-state index in [0.29, 0.717) is 6.42 Å². The highest BCUT2D eigenvalue weighted by Crippen LogP contribution is 2.25. The second kappa shape index (κ2) is 7.73. The summed E-state index contributed by atoms with van der Waals surface area (Å²) in [5.41, 5.74) is 4.32. The highest BCUT2D eigenvalue weighted by Gasteiger charge is 2.20. The van der Waals surface area contributed by atoms with Crippen molar-refractivity contribution in [1.82, 2.24) is 0 Å². The first kappa shape index (κ1) is 19.0. The number of para-hydroxylation sites is 1. The van der Waals surface area contributed by atoms with Crippen LogP contribution in [0.4, 0.5) is 5.69 Å². The van der Waals surface area contributed by atoms with Gasteiger partial charge in [0, 0.05) is 5.69 Å². The van der Waals surface area contributed by atoms with Crippen molar-refractivity contribution < 1.29 is 9.53 Å². The molecule has 0 fully saturated rings. The second-order valence-corrected chi connectivity index (χ2v) is 7.55. The second-order valence-electron chi connectivity index (χ2n) is 7.55. The van der Waals surface area contributed by atoms with Gasteiger partial charge in [0.05, 0.1) is 0 Å². The van der Waals surface area contributed by atoms with E-state index in [0.717, 1.165) is 22.6 Å². The molecule has 1 N–H and O–H groups in total. The molecular formula is C22H29NO2. The molecule has 0 radical (unpaired) electrons. The van der Waals surface area contributed by atoms with Crippen molar-refractivity contribution in [2.24, 2.45) is 0 Å². The smallest absolute Gasteiger partial charge is 0.265 e. The lowest BCUT2D eigenvalue weighted by atomic mass is 9.87. The fourth-order valence-electron chi connectivity index (χ4n) is 2.74. The number of carbonyl (C=O) groups is 1. The number of amides is 1. The van der Waals surface area contributed by atoms with E-state index in [1.54, 1.807) is 0 Å². The lowest BCUT2D eigenvalue weighted by Gasteiger charge is -2.21. The molecule has 0 aliphatic rings. The van der Waals surface area contributed by atoms with E-state index >= 15 is 0 Å². The van der Waals surface area contributed by atoms with Gasteiger partial charge in [0.1, 0.15) is 5.75 Å². The van der Waals surface area contributed by atoms with E-state index in [-0.39, 0.29) is 11.3 Å². The van der Waals surface area contributed by atoms with Crippen LogP contribution in [0, 0.1) is 13.8 Å². The lowest BCUT2D eigenvalue weighted by molar-refractivity contribution is -0.122. The van der Waals surface area contributed by atoms with E-state index in [1.165, 1.54) is 5.56 Å². The summed E-state index contributed by atoms with van der Waals surface area (Å²) in [5, 5.41) is 3.02. The summed E-state index contributed by atoms with van der Waals surface area (Å²) < 4.78 is 5.93. The molecule has 0 spiro atoms. The van der Waals surface area contributed by atoms with Crippen LogP contribution in [0.25, 0.3) is 0 Å². The Labute approximate surface area is 151 Å². The van der Waals surface area contributed by atoms with E-state index in [4.69, 9.17) is 4.74 Å². The van der Waals surface area contributed by atoms with Gasteiger partial charge >= 0.3 is 0 Å². The van der Waals surface area contributed by atoms with E-state index in [9.17, 15) is 4.79 Å². The third kappa shape index (κ3) is 4.85. The largest absolute Gasteiger partial charge is 0.481 e. The monoisotopic (exact) mass is 339 g/mol. The molecule has 0 saturated carbocycles. The van der Waals surface area contributed by atoms with Gasteiger partial charge < -0.3 is 10.1 Å². The van der Waals surface area contributed by atoms with Gasteiger partial charge in [0.25, 0.3) is 5.91 Å². The van der Waals surface area contributed by atoms with Crippen molar-refractivity contribution in [1.29, 1.82) is 0 Å². The molecule has 3 nitrogen and oxygen atoms in total. The van der Waals surface area contributed by atoms with Gasteiger partial charge in [-0.05, 0) is 54.5 Å². The van der Waals surface area contributed by atoms with E-state index < -0.39 is 6.10 Å². The molecule has 134 valence electrons. The molecule has 0 saturated heterocycles. The Kier molecular flexibility index (Phi) is 5.89. The number of benzene rings is 2. The summed E-state index contributed by atoms with van der Waals surface area (Å²) in [6.07, 6.45) is 0.0946. The third-order valence-corrected chi connectivity index (χ3v) is 4.39. The molecule has 2 rings (SSSR count). The zero-order valence-electron chi connectivity index (χ0n) is 16.1. The summed E-state index contributed by atoms with van der Waals surface area (Å²) in [5.74, 6) is 0.608. The average molecular weight is 339 g/mol. The van der Waals surface area contributed by atoms with Crippen LogP contribution in [-0.2, 0) is 10.2 Å². The number of ether oxygens (including phenoxy) is 1. The van der Waals surface area contributed by atoms with Crippen molar-refractivity contribution in [3.05, 3.63) is 59.2 Å². The average Bonchev–Trinajstić information content (AvgIpc) is 2.55. The minimum atomic E-state index is -0.514. The van der Waals surface area contributed by atoms with Crippen LogP contribution < -0.4 is 10.1 Å². The fraction of sp³-hybridized carbons (Fsp3) is 0.409. The lowest BCUT2D eigenvalue weighted by Crippen LogP contribution is -2.32. The summed E-state index contributed by atoms with van der Waals surface area (Å²) in [6.45, 7) is 12.5. The number of nitrogens with one attached hydrogen (secondary N) is 1. The molecule has 0 aliphatic carbocycles. The third-order valence-electron chi connectivity index (χ3n) is 4.39. The quantitative estimate of drug-likeness (QED) is 0.792. The number of hydrogen-bond donors (Lipinski definition) is 1. The molecule has 0 aliphatic heterocycles. The summed E-state index contributed by atoms with van der Waals surface area (Å²) in [7, 11) is 0. The zero-order valence-corrected chi connectivity index (χ0v) is 16.1. The van der Waals surface area contributed by atoms with Gasteiger partial charge in [-0.3, -0.25) is 4.79 Å². The molecule has 25 heavy (non-hydrogen) atoms. The van der Waals surface area contributed by atoms with Crippen LogP contribution in [0.15, 0.2) is 42.5 Å². The van der Waals surface area contributed by atoms with Crippen molar-refractivity contribution in [3.63, 3.8) is 0 Å². The minimum Gasteiger partial charge on any atom is -0.481 e. The van der Waals surface area contributed by atoms with Crippen LogP contribution in [0.3, 0.4) is 0 Å². The van der Waals surface area contributed by atoms with Crippen LogP contribution in [-0.4, -0.2) is 12.0 Å². The molecule has 3 heteroatoms. The Morgan fingerprint density at radius 3 is 2.08 bits per heavy atom. The Morgan fingerprint density at radius 1 is 1.04 bits per heavy atom. The maximum Gasteiger partial charge on any atom is 0.265 e. The van der Waals surface area contributed by atoms with E-state index in [2.05, 4.69) is 38.2 Å². The van der Waals surface area contributed by atoms with Gasteiger partial charge in [-0.1, -0.05) is 58.0 Å². The Hall–Kier alpha value is -2.29. The Balaban J connectivity index is 2.10. The molecule has 1 amide bonds. The van der Waals surface area contributed by atoms with Gasteiger partial charge in [-0.2, -0.15) is 0 Å².